The number of amides is 1. The van der Waals surface area contributed by atoms with Gasteiger partial charge in [-0.15, -0.1) is 0 Å². The number of benzene rings is 1. The van der Waals surface area contributed by atoms with E-state index in [0.717, 1.165) is 0 Å². The number of nitrogens with two attached hydrogens (primary N) is 1. The number of carbonyl (C=O) groups excluding carboxylic acids is 1. The van der Waals surface area contributed by atoms with Gasteiger partial charge in [-0.1, -0.05) is 0 Å². The van der Waals surface area contributed by atoms with Crippen molar-refractivity contribution in [1.29, 1.82) is 0 Å². The zero-order chi connectivity index (χ0) is 12.8. The number of hydrogen-bond acceptors (Lipinski definition) is 3. The highest BCUT2D eigenvalue weighted by atomic mass is 79.9. The van der Waals surface area contributed by atoms with Crippen molar-refractivity contribution in [2.75, 3.05) is 19.0 Å². The van der Waals surface area contributed by atoms with E-state index < -0.39 is 11.9 Å². The Labute approximate surface area is 107 Å². The maximum absolute atomic E-state index is 13.2. The molecule has 1 unspecified atom stereocenters. The van der Waals surface area contributed by atoms with Crippen LogP contribution in [0.2, 0.25) is 0 Å². The van der Waals surface area contributed by atoms with Gasteiger partial charge < -0.3 is 15.8 Å². The molecule has 3 N–H and O–H groups in total. The van der Waals surface area contributed by atoms with E-state index in [9.17, 15) is 9.18 Å². The first-order valence-electron chi connectivity index (χ1n) is 5.05. The molecule has 0 radical (unpaired) electrons. The number of carbonyl (C=O) groups is 1. The summed E-state index contributed by atoms with van der Waals surface area (Å²) in [6.07, 6.45) is 0.418. The van der Waals surface area contributed by atoms with E-state index in [-0.39, 0.29) is 5.91 Å². The van der Waals surface area contributed by atoms with Gasteiger partial charge in [-0.3, -0.25) is 4.79 Å². The SMILES string of the molecule is COCCC(N)C(=O)Nc1ccc(Br)c(F)c1. The molecule has 1 aromatic carbocycles. The van der Waals surface area contributed by atoms with Crippen molar-refractivity contribution in [2.45, 2.75) is 12.5 Å². The lowest BCUT2D eigenvalue weighted by molar-refractivity contribution is -0.117. The number of halogens is 2. The van der Waals surface area contributed by atoms with Gasteiger partial charge in [-0.25, -0.2) is 4.39 Å². The minimum Gasteiger partial charge on any atom is -0.385 e. The molecular formula is C11H14BrFN2O2. The van der Waals surface area contributed by atoms with Crippen molar-refractivity contribution in [1.82, 2.24) is 0 Å². The van der Waals surface area contributed by atoms with E-state index in [2.05, 4.69) is 21.2 Å². The summed E-state index contributed by atoms with van der Waals surface area (Å²) < 4.78 is 18.4. The van der Waals surface area contributed by atoms with E-state index >= 15 is 0 Å². The van der Waals surface area contributed by atoms with Crippen LogP contribution < -0.4 is 11.1 Å². The average molecular weight is 305 g/mol. The van der Waals surface area contributed by atoms with Crippen molar-refractivity contribution in [3.8, 4) is 0 Å². The lowest BCUT2D eigenvalue weighted by atomic mass is 10.2. The third-order valence-electron chi connectivity index (χ3n) is 2.16. The van der Waals surface area contributed by atoms with Gasteiger partial charge in [0, 0.05) is 19.4 Å². The van der Waals surface area contributed by atoms with Crippen LogP contribution in [0.1, 0.15) is 6.42 Å². The second-order valence-corrected chi connectivity index (χ2v) is 4.36. The van der Waals surface area contributed by atoms with Gasteiger partial charge >= 0.3 is 0 Å². The van der Waals surface area contributed by atoms with Crippen molar-refractivity contribution in [2.24, 2.45) is 5.73 Å². The topological polar surface area (TPSA) is 64.3 Å². The first-order valence-corrected chi connectivity index (χ1v) is 5.84. The van der Waals surface area contributed by atoms with Crippen LogP contribution in [0.5, 0.6) is 0 Å². The molecule has 0 saturated carbocycles. The van der Waals surface area contributed by atoms with Crippen LogP contribution in [0.25, 0.3) is 0 Å². The Kier molecular flexibility index (Phi) is 5.54. The van der Waals surface area contributed by atoms with Crippen molar-refractivity contribution < 1.29 is 13.9 Å². The molecule has 6 heteroatoms. The largest absolute Gasteiger partial charge is 0.385 e. The molecule has 94 valence electrons. The summed E-state index contributed by atoms with van der Waals surface area (Å²) >= 11 is 3.03. The number of ether oxygens (including phenoxy) is 1. The van der Waals surface area contributed by atoms with Gasteiger partial charge in [0.15, 0.2) is 0 Å². The summed E-state index contributed by atoms with van der Waals surface area (Å²) in [6, 6.07) is 3.67. The zero-order valence-electron chi connectivity index (χ0n) is 9.37. The highest BCUT2D eigenvalue weighted by Gasteiger charge is 2.13. The van der Waals surface area contributed by atoms with Gasteiger partial charge in [-0.05, 0) is 40.5 Å². The number of rotatable bonds is 5. The Balaban J connectivity index is 2.58. The third kappa shape index (κ3) is 4.41. The van der Waals surface area contributed by atoms with Gasteiger partial charge in [0.25, 0.3) is 0 Å². The zero-order valence-corrected chi connectivity index (χ0v) is 11.0. The fourth-order valence-corrected chi connectivity index (χ4v) is 1.43. The average Bonchev–Trinajstić information content (AvgIpc) is 2.30. The fraction of sp³-hybridized carbons (Fsp3) is 0.364. The maximum atomic E-state index is 13.2. The molecule has 0 fully saturated rings. The van der Waals surface area contributed by atoms with Crippen LogP contribution in [-0.4, -0.2) is 25.7 Å². The number of hydrogen-bond donors (Lipinski definition) is 2. The Hall–Kier alpha value is -0.980. The first-order chi connectivity index (χ1) is 8.04. The van der Waals surface area contributed by atoms with E-state index in [1.165, 1.54) is 19.2 Å². The molecule has 0 aliphatic rings. The second-order valence-electron chi connectivity index (χ2n) is 3.51. The minimum absolute atomic E-state index is 0.346. The monoisotopic (exact) mass is 304 g/mol. The van der Waals surface area contributed by atoms with Crippen LogP contribution in [-0.2, 0) is 9.53 Å². The first kappa shape index (κ1) is 14.1. The van der Waals surface area contributed by atoms with E-state index in [0.29, 0.717) is 23.2 Å². The molecule has 0 aliphatic heterocycles. The fourth-order valence-electron chi connectivity index (χ4n) is 1.18. The number of anilines is 1. The summed E-state index contributed by atoms with van der Waals surface area (Å²) in [7, 11) is 1.54. The van der Waals surface area contributed by atoms with E-state index in [1.54, 1.807) is 6.07 Å². The second kappa shape index (κ2) is 6.68. The quantitative estimate of drug-likeness (QED) is 0.873. The molecule has 0 bridgehead atoms. The number of nitrogens with one attached hydrogen (secondary N) is 1. The predicted molar refractivity (Wildman–Crippen MR) is 67.2 cm³/mol. The van der Waals surface area contributed by atoms with Crippen LogP contribution in [0.3, 0.4) is 0 Å². The molecule has 0 spiro atoms. The summed E-state index contributed by atoms with van der Waals surface area (Å²) in [5.74, 6) is -0.794. The molecule has 1 aromatic rings. The van der Waals surface area contributed by atoms with Gasteiger partial charge in [0.1, 0.15) is 5.82 Å². The molecule has 17 heavy (non-hydrogen) atoms. The predicted octanol–water partition coefficient (Wildman–Crippen LogP) is 1.89. The summed E-state index contributed by atoms with van der Waals surface area (Å²) in [4.78, 5) is 11.6. The molecule has 0 saturated heterocycles. The van der Waals surface area contributed by atoms with Crippen LogP contribution >= 0.6 is 15.9 Å². The molecule has 1 amide bonds. The lowest BCUT2D eigenvalue weighted by Gasteiger charge is -2.11. The summed E-state index contributed by atoms with van der Waals surface area (Å²) in [6.45, 7) is 0.406. The molecular weight excluding hydrogens is 291 g/mol. The number of methoxy groups -OCH3 is 1. The molecule has 1 rings (SSSR count). The highest BCUT2D eigenvalue weighted by Crippen LogP contribution is 2.19. The van der Waals surface area contributed by atoms with Crippen LogP contribution in [0, 0.1) is 5.82 Å². The van der Waals surface area contributed by atoms with Gasteiger partial charge in [-0.2, -0.15) is 0 Å². The van der Waals surface area contributed by atoms with Crippen LogP contribution in [0.4, 0.5) is 10.1 Å². The lowest BCUT2D eigenvalue weighted by Crippen LogP contribution is -2.36. The standard InChI is InChI=1S/C11H14BrFN2O2/c1-17-5-4-10(14)11(16)15-7-2-3-8(12)9(13)6-7/h2-3,6,10H,4-5,14H2,1H3,(H,15,16). The molecule has 0 aliphatic carbocycles. The molecule has 1 atom stereocenters. The van der Waals surface area contributed by atoms with Crippen molar-refractivity contribution in [3.05, 3.63) is 28.5 Å². The Morgan fingerprint density at radius 2 is 2.35 bits per heavy atom. The van der Waals surface area contributed by atoms with Gasteiger partial charge in [0.2, 0.25) is 5.91 Å². The Bertz CT molecular complexity index is 401. The molecule has 0 heterocycles. The molecule has 4 nitrogen and oxygen atoms in total. The Morgan fingerprint density at radius 3 is 2.94 bits per heavy atom. The smallest absolute Gasteiger partial charge is 0.241 e. The minimum atomic E-state index is -0.665. The maximum Gasteiger partial charge on any atom is 0.241 e. The normalized spacial score (nSPS) is 12.2. The third-order valence-corrected chi connectivity index (χ3v) is 2.80. The van der Waals surface area contributed by atoms with E-state index in [4.69, 9.17) is 10.5 Å². The summed E-state index contributed by atoms with van der Waals surface area (Å²) in [5, 5.41) is 2.54. The van der Waals surface area contributed by atoms with Crippen molar-refractivity contribution >= 4 is 27.5 Å². The highest BCUT2D eigenvalue weighted by molar-refractivity contribution is 9.10. The Morgan fingerprint density at radius 1 is 1.65 bits per heavy atom. The summed E-state index contributed by atoms with van der Waals surface area (Å²) in [5.41, 5.74) is 6.00. The van der Waals surface area contributed by atoms with Crippen molar-refractivity contribution in [3.63, 3.8) is 0 Å². The van der Waals surface area contributed by atoms with Crippen LogP contribution in [0.15, 0.2) is 22.7 Å². The van der Waals surface area contributed by atoms with E-state index in [1.807, 2.05) is 0 Å². The van der Waals surface area contributed by atoms with Gasteiger partial charge in [0.05, 0.1) is 10.5 Å². The molecule has 0 aromatic heterocycles.